The van der Waals surface area contributed by atoms with Crippen LogP contribution < -0.4 is 4.74 Å². The van der Waals surface area contributed by atoms with E-state index >= 15 is 0 Å². The van der Waals surface area contributed by atoms with Crippen molar-refractivity contribution in [3.8, 4) is 22.9 Å². The molecule has 0 N–H and O–H groups in total. The first-order chi connectivity index (χ1) is 21.4. The standard InChI is InChI=1S/C35H35N5O3S/c1-27-9-8-13-31(21-27)32-18-19-33(43-2)34(22-32)44(41,42)40(20-7-6-12-28-10-4-3-5-11-28)25-35-38-37-26-39(35)24-30-16-14-29(23-36)15-17-30/h3-5,8-11,13-19,21-22,26H,6-7,12,20,24-25H2,1-2H3. The number of aromatic nitrogens is 3. The van der Waals surface area contributed by atoms with Gasteiger partial charge in [-0.05, 0) is 72.7 Å². The number of benzene rings is 4. The van der Waals surface area contributed by atoms with E-state index in [0.717, 1.165) is 35.1 Å². The van der Waals surface area contributed by atoms with Gasteiger partial charge in [0, 0.05) is 6.54 Å². The molecule has 0 fully saturated rings. The Morgan fingerprint density at radius 1 is 0.886 bits per heavy atom. The van der Waals surface area contributed by atoms with Crippen LogP contribution in [0.4, 0.5) is 0 Å². The van der Waals surface area contributed by atoms with E-state index in [4.69, 9.17) is 10.00 Å². The van der Waals surface area contributed by atoms with Gasteiger partial charge < -0.3 is 9.30 Å². The van der Waals surface area contributed by atoms with Crippen molar-refractivity contribution in [2.24, 2.45) is 0 Å². The van der Waals surface area contributed by atoms with Crippen LogP contribution in [0, 0.1) is 18.3 Å². The van der Waals surface area contributed by atoms with Crippen molar-refractivity contribution < 1.29 is 13.2 Å². The fourth-order valence-corrected chi connectivity index (χ4v) is 6.75. The number of methoxy groups -OCH3 is 1. The Morgan fingerprint density at radius 2 is 1.66 bits per heavy atom. The van der Waals surface area contributed by atoms with E-state index in [1.165, 1.54) is 17.0 Å². The molecule has 0 aliphatic heterocycles. The first kappa shape index (κ1) is 30.7. The van der Waals surface area contributed by atoms with Crippen LogP contribution in [0.25, 0.3) is 11.1 Å². The molecule has 8 nitrogen and oxygen atoms in total. The molecule has 1 heterocycles. The molecule has 0 saturated carbocycles. The molecule has 4 aromatic carbocycles. The Labute approximate surface area is 259 Å². The highest BCUT2D eigenvalue weighted by atomic mass is 32.2. The summed E-state index contributed by atoms with van der Waals surface area (Å²) in [6.07, 6.45) is 3.95. The molecule has 0 unspecified atom stereocenters. The number of aryl methyl sites for hydroxylation is 2. The first-order valence-electron chi connectivity index (χ1n) is 14.5. The Hall–Kier alpha value is -4.78. The lowest BCUT2D eigenvalue weighted by Gasteiger charge is -2.24. The Bertz CT molecular complexity index is 1850. The van der Waals surface area contributed by atoms with Gasteiger partial charge in [0.25, 0.3) is 0 Å². The van der Waals surface area contributed by atoms with Crippen molar-refractivity contribution >= 4 is 10.0 Å². The number of nitriles is 1. The summed E-state index contributed by atoms with van der Waals surface area (Å²) in [5, 5.41) is 17.6. The van der Waals surface area contributed by atoms with E-state index in [0.29, 0.717) is 30.9 Å². The summed E-state index contributed by atoms with van der Waals surface area (Å²) < 4.78 is 37.8. The van der Waals surface area contributed by atoms with Crippen molar-refractivity contribution in [2.45, 2.75) is 44.2 Å². The molecule has 224 valence electrons. The summed E-state index contributed by atoms with van der Waals surface area (Å²) in [5.74, 6) is 0.810. The van der Waals surface area contributed by atoms with E-state index < -0.39 is 10.0 Å². The lowest BCUT2D eigenvalue weighted by atomic mass is 10.0. The minimum Gasteiger partial charge on any atom is -0.495 e. The van der Waals surface area contributed by atoms with Crippen molar-refractivity contribution in [1.82, 2.24) is 19.1 Å². The highest BCUT2D eigenvalue weighted by Gasteiger charge is 2.30. The first-order valence-corrected chi connectivity index (χ1v) is 16.0. The van der Waals surface area contributed by atoms with Gasteiger partial charge in [-0.3, -0.25) is 0 Å². The topological polar surface area (TPSA) is 101 Å². The van der Waals surface area contributed by atoms with Crippen LogP contribution in [0.2, 0.25) is 0 Å². The Balaban J connectivity index is 1.45. The summed E-state index contributed by atoms with van der Waals surface area (Å²) in [6, 6.07) is 32.9. The number of unbranched alkanes of at least 4 members (excludes halogenated alkanes) is 1. The molecular weight excluding hydrogens is 570 g/mol. The van der Waals surface area contributed by atoms with Gasteiger partial charge in [0.2, 0.25) is 10.0 Å². The highest BCUT2D eigenvalue weighted by Crippen LogP contribution is 2.33. The second-order valence-corrected chi connectivity index (χ2v) is 12.6. The molecule has 0 spiro atoms. The van der Waals surface area contributed by atoms with Gasteiger partial charge in [0.15, 0.2) is 0 Å². The lowest BCUT2D eigenvalue weighted by molar-refractivity contribution is 0.371. The van der Waals surface area contributed by atoms with Gasteiger partial charge in [0.1, 0.15) is 22.8 Å². The van der Waals surface area contributed by atoms with Crippen LogP contribution in [0.3, 0.4) is 0 Å². The smallest absolute Gasteiger partial charge is 0.247 e. The zero-order valence-corrected chi connectivity index (χ0v) is 25.7. The fourth-order valence-electron chi connectivity index (χ4n) is 5.14. The molecule has 0 aliphatic rings. The highest BCUT2D eigenvalue weighted by molar-refractivity contribution is 7.89. The van der Waals surface area contributed by atoms with Gasteiger partial charge in [-0.2, -0.15) is 9.57 Å². The molecule has 0 radical (unpaired) electrons. The normalized spacial score (nSPS) is 11.4. The number of hydrogen-bond acceptors (Lipinski definition) is 6. The molecule has 0 amide bonds. The average molecular weight is 606 g/mol. The molecule has 0 bridgehead atoms. The van der Waals surface area contributed by atoms with Gasteiger partial charge in [-0.15, -0.1) is 10.2 Å². The molecule has 0 atom stereocenters. The number of hydrogen-bond donors (Lipinski definition) is 0. The molecule has 0 aliphatic carbocycles. The maximum atomic E-state index is 14.5. The second-order valence-electron chi connectivity index (χ2n) is 10.7. The third-order valence-corrected chi connectivity index (χ3v) is 9.41. The van der Waals surface area contributed by atoms with Crippen LogP contribution in [0.15, 0.2) is 108 Å². The van der Waals surface area contributed by atoms with E-state index in [9.17, 15) is 8.42 Å². The minimum absolute atomic E-state index is 0.0434. The quantitative estimate of drug-likeness (QED) is 0.144. The third-order valence-electron chi connectivity index (χ3n) is 7.55. The minimum atomic E-state index is -4.01. The summed E-state index contributed by atoms with van der Waals surface area (Å²) >= 11 is 0. The van der Waals surface area contributed by atoms with Crippen molar-refractivity contribution in [3.05, 3.63) is 131 Å². The van der Waals surface area contributed by atoms with Gasteiger partial charge in [-0.1, -0.05) is 78.4 Å². The van der Waals surface area contributed by atoms with Crippen LogP contribution in [0.1, 0.15) is 40.9 Å². The largest absolute Gasteiger partial charge is 0.495 e. The predicted molar refractivity (Wildman–Crippen MR) is 170 cm³/mol. The Kier molecular flexibility index (Phi) is 9.85. The number of nitrogens with zero attached hydrogens (tertiary/aromatic N) is 5. The van der Waals surface area contributed by atoms with Gasteiger partial charge >= 0.3 is 0 Å². The van der Waals surface area contributed by atoms with E-state index in [2.05, 4.69) is 28.4 Å². The van der Waals surface area contributed by atoms with Crippen LogP contribution in [-0.4, -0.2) is 41.1 Å². The average Bonchev–Trinajstić information content (AvgIpc) is 3.49. The summed E-state index contributed by atoms with van der Waals surface area (Å²) in [7, 11) is -2.53. The predicted octanol–water partition coefficient (Wildman–Crippen LogP) is 6.40. The maximum Gasteiger partial charge on any atom is 0.247 e. The van der Waals surface area contributed by atoms with E-state index in [1.54, 1.807) is 30.6 Å². The molecule has 44 heavy (non-hydrogen) atoms. The number of rotatable bonds is 13. The molecule has 1 aromatic heterocycles. The molecule has 5 aromatic rings. The van der Waals surface area contributed by atoms with Gasteiger partial charge in [0.05, 0.1) is 31.8 Å². The van der Waals surface area contributed by atoms with E-state index in [-0.39, 0.29) is 17.2 Å². The second kappa shape index (κ2) is 14.1. The Morgan fingerprint density at radius 3 is 2.39 bits per heavy atom. The summed E-state index contributed by atoms with van der Waals surface area (Å²) in [6.45, 7) is 2.80. The fraction of sp³-hybridized carbons (Fsp3) is 0.229. The zero-order chi connectivity index (χ0) is 30.9. The van der Waals surface area contributed by atoms with Gasteiger partial charge in [-0.25, -0.2) is 8.42 Å². The lowest BCUT2D eigenvalue weighted by Crippen LogP contribution is -2.33. The summed E-state index contributed by atoms with van der Waals surface area (Å²) in [4.78, 5) is 0.111. The van der Waals surface area contributed by atoms with Crippen molar-refractivity contribution in [1.29, 1.82) is 5.26 Å². The van der Waals surface area contributed by atoms with E-state index in [1.807, 2.05) is 72.2 Å². The summed E-state index contributed by atoms with van der Waals surface area (Å²) in [5.41, 5.74) is 5.56. The molecule has 9 heteroatoms. The number of ether oxygens (including phenoxy) is 1. The maximum absolute atomic E-state index is 14.5. The number of sulfonamides is 1. The SMILES string of the molecule is COc1ccc(-c2cccc(C)c2)cc1S(=O)(=O)N(CCCCc1ccccc1)Cc1nncn1Cc1ccc(C#N)cc1. The molecule has 5 rings (SSSR count). The van der Waals surface area contributed by atoms with Crippen molar-refractivity contribution in [3.63, 3.8) is 0 Å². The zero-order valence-electron chi connectivity index (χ0n) is 24.9. The van der Waals surface area contributed by atoms with Crippen molar-refractivity contribution in [2.75, 3.05) is 13.7 Å². The molecule has 0 saturated heterocycles. The van der Waals surface area contributed by atoms with Crippen LogP contribution in [-0.2, 0) is 29.5 Å². The van der Waals surface area contributed by atoms with Crippen LogP contribution in [0.5, 0.6) is 5.75 Å². The third kappa shape index (κ3) is 7.40. The molecular formula is C35H35N5O3S. The van der Waals surface area contributed by atoms with Crippen LogP contribution >= 0.6 is 0 Å². The monoisotopic (exact) mass is 605 g/mol.